The second-order valence-corrected chi connectivity index (χ2v) is 22.0. The van der Waals surface area contributed by atoms with E-state index in [1.807, 2.05) is 27.2 Å². The normalized spacial score (nSPS) is 14.4. The van der Waals surface area contributed by atoms with Gasteiger partial charge in [0.2, 0.25) is 5.91 Å². The van der Waals surface area contributed by atoms with E-state index in [0.29, 0.717) is 17.4 Å². The standard InChI is InChI=1S/C59H111N2O6P/c1-6-8-10-12-14-16-18-19-20-21-22-23-24-25-26-27-28-29-30-31-32-33-34-35-36-37-38-39-40-41-43-45-47-49-51-53-59(63)60-57(56-67-68(64,65)66-55-54-61(3,4)5)58(62)52-50-48-46-44-42-17-15-13-11-9-7-2/h8,10,14,16,19-20,22-23,50,52,57-58,62H,6-7,9,11-13,15,17-18,21,24-49,51,53-56H2,1-5H3,(H-,60,63,64,65)/b10-8-,16-14-,20-19-,23-22-,52-50+. The quantitative estimate of drug-likeness (QED) is 0.0272. The number of phosphoric acid groups is 1. The van der Waals surface area contributed by atoms with Gasteiger partial charge < -0.3 is 28.8 Å². The Morgan fingerprint density at radius 2 is 0.897 bits per heavy atom. The van der Waals surface area contributed by atoms with Crippen LogP contribution < -0.4 is 10.2 Å². The third-order valence-electron chi connectivity index (χ3n) is 12.7. The van der Waals surface area contributed by atoms with E-state index in [1.165, 1.54) is 173 Å². The molecule has 0 heterocycles. The maximum atomic E-state index is 12.9. The molecule has 2 N–H and O–H groups in total. The van der Waals surface area contributed by atoms with Gasteiger partial charge in [-0.15, -0.1) is 0 Å². The van der Waals surface area contributed by atoms with Gasteiger partial charge in [-0.25, -0.2) is 0 Å². The molecule has 0 rings (SSSR count). The fourth-order valence-corrected chi connectivity index (χ4v) is 8.99. The zero-order chi connectivity index (χ0) is 49.9. The van der Waals surface area contributed by atoms with Gasteiger partial charge in [0, 0.05) is 6.42 Å². The SMILES string of the molecule is CC/C=C\C/C=C\C/C=C\C/C=C\CCCCCCCCCCCCCCCCCCCCCCCCC(=O)NC(COP(=O)([O-])OCC[N+](C)(C)C)C(O)/C=C/CCCCCCCCCCC. The van der Waals surface area contributed by atoms with Gasteiger partial charge in [0.15, 0.2) is 0 Å². The Morgan fingerprint density at radius 1 is 0.529 bits per heavy atom. The number of allylic oxidation sites excluding steroid dienone is 9. The minimum absolute atomic E-state index is 0.000605. The molecule has 68 heavy (non-hydrogen) atoms. The molecule has 0 radical (unpaired) electrons. The number of unbranched alkanes of at least 4 members (excludes halogenated alkanes) is 31. The lowest BCUT2D eigenvalue weighted by Gasteiger charge is -2.29. The summed E-state index contributed by atoms with van der Waals surface area (Å²) in [6.45, 7) is 4.53. The molecule has 0 saturated heterocycles. The van der Waals surface area contributed by atoms with Crippen molar-refractivity contribution < 1.29 is 32.9 Å². The molecule has 0 fully saturated rings. The average molecular weight is 976 g/mol. The number of rotatable bonds is 52. The van der Waals surface area contributed by atoms with Crippen molar-refractivity contribution in [1.82, 2.24) is 5.32 Å². The van der Waals surface area contributed by atoms with E-state index in [0.717, 1.165) is 64.2 Å². The molecule has 8 nitrogen and oxygen atoms in total. The molecule has 3 unspecified atom stereocenters. The Kier molecular flexibility index (Phi) is 48.8. The number of hydrogen-bond acceptors (Lipinski definition) is 6. The Labute approximate surface area is 422 Å². The van der Waals surface area contributed by atoms with Gasteiger partial charge in [-0.05, 0) is 57.8 Å². The number of phosphoric ester groups is 1. The van der Waals surface area contributed by atoms with E-state index in [9.17, 15) is 19.4 Å². The smallest absolute Gasteiger partial charge is 0.268 e. The van der Waals surface area contributed by atoms with Crippen LogP contribution in [0.2, 0.25) is 0 Å². The van der Waals surface area contributed by atoms with E-state index in [2.05, 4.69) is 67.8 Å². The van der Waals surface area contributed by atoms with Gasteiger partial charge in [-0.3, -0.25) is 9.36 Å². The summed E-state index contributed by atoms with van der Waals surface area (Å²) < 4.78 is 23.3. The molecule has 0 bridgehead atoms. The number of carbonyl (C=O) groups is 1. The second kappa shape index (κ2) is 50.2. The van der Waals surface area contributed by atoms with E-state index in [-0.39, 0.29) is 19.1 Å². The van der Waals surface area contributed by atoms with Crippen LogP contribution in [0.15, 0.2) is 60.8 Å². The fourth-order valence-electron chi connectivity index (χ4n) is 8.26. The fraction of sp³-hybridized carbons (Fsp3) is 0.814. The van der Waals surface area contributed by atoms with Crippen molar-refractivity contribution in [2.75, 3.05) is 40.9 Å². The number of amides is 1. The molecule has 3 atom stereocenters. The molecule has 0 aromatic heterocycles. The summed E-state index contributed by atoms with van der Waals surface area (Å²) in [6, 6.07) is -0.884. The summed E-state index contributed by atoms with van der Waals surface area (Å²) in [5.41, 5.74) is 0. The number of nitrogens with one attached hydrogen (secondary N) is 1. The highest BCUT2D eigenvalue weighted by Crippen LogP contribution is 2.38. The summed E-state index contributed by atoms with van der Waals surface area (Å²) in [4.78, 5) is 25.4. The van der Waals surface area contributed by atoms with Crippen molar-refractivity contribution in [2.24, 2.45) is 0 Å². The van der Waals surface area contributed by atoms with Crippen LogP contribution in [0.25, 0.3) is 0 Å². The van der Waals surface area contributed by atoms with Gasteiger partial charge in [0.05, 0.1) is 39.9 Å². The lowest BCUT2D eigenvalue weighted by atomic mass is 10.0. The van der Waals surface area contributed by atoms with E-state index < -0.39 is 20.0 Å². The number of carbonyl (C=O) groups excluding carboxylic acids is 1. The van der Waals surface area contributed by atoms with Crippen LogP contribution in [0.5, 0.6) is 0 Å². The first-order valence-electron chi connectivity index (χ1n) is 28.7. The topological polar surface area (TPSA) is 108 Å². The van der Waals surface area contributed by atoms with Crippen LogP contribution in [0.4, 0.5) is 0 Å². The molecule has 0 aromatic rings. The number of hydrogen-bond donors (Lipinski definition) is 2. The largest absolute Gasteiger partial charge is 0.756 e. The predicted octanol–water partition coefficient (Wildman–Crippen LogP) is 16.7. The van der Waals surface area contributed by atoms with Crippen LogP contribution >= 0.6 is 7.82 Å². The average Bonchev–Trinajstić information content (AvgIpc) is 3.30. The molecule has 0 spiro atoms. The summed E-state index contributed by atoms with van der Waals surface area (Å²) in [6.07, 6.45) is 67.5. The van der Waals surface area contributed by atoms with E-state index in [1.54, 1.807) is 6.08 Å². The highest BCUT2D eigenvalue weighted by molar-refractivity contribution is 7.45. The Morgan fingerprint density at radius 3 is 1.31 bits per heavy atom. The highest BCUT2D eigenvalue weighted by atomic mass is 31.2. The van der Waals surface area contributed by atoms with Crippen molar-refractivity contribution in [3.05, 3.63) is 60.8 Å². The zero-order valence-electron chi connectivity index (χ0n) is 45.3. The first-order chi connectivity index (χ1) is 33.0. The third-order valence-corrected chi connectivity index (χ3v) is 13.7. The van der Waals surface area contributed by atoms with E-state index in [4.69, 9.17) is 9.05 Å². The molecule has 0 aliphatic rings. The number of quaternary nitrogens is 1. The second-order valence-electron chi connectivity index (χ2n) is 20.6. The molecule has 0 aliphatic heterocycles. The highest BCUT2D eigenvalue weighted by Gasteiger charge is 2.23. The monoisotopic (exact) mass is 975 g/mol. The zero-order valence-corrected chi connectivity index (χ0v) is 46.2. The molecule has 1 amide bonds. The maximum absolute atomic E-state index is 12.9. The molecule has 9 heteroatoms. The van der Waals surface area contributed by atoms with Crippen LogP contribution in [0, 0.1) is 0 Å². The van der Waals surface area contributed by atoms with Crippen molar-refractivity contribution >= 4 is 13.7 Å². The molecule has 0 aromatic carbocycles. The van der Waals surface area contributed by atoms with E-state index >= 15 is 0 Å². The van der Waals surface area contributed by atoms with Crippen molar-refractivity contribution in [3.8, 4) is 0 Å². The molecule has 0 saturated carbocycles. The Hall–Kier alpha value is -1.80. The molecule has 0 aliphatic carbocycles. The lowest BCUT2D eigenvalue weighted by Crippen LogP contribution is -2.45. The van der Waals surface area contributed by atoms with Gasteiger partial charge in [-0.1, -0.05) is 254 Å². The first-order valence-corrected chi connectivity index (χ1v) is 30.1. The summed E-state index contributed by atoms with van der Waals surface area (Å²) in [5.74, 6) is -0.196. The Bertz CT molecular complexity index is 1290. The number of aliphatic hydroxyl groups is 1. The van der Waals surface area contributed by atoms with Crippen LogP contribution in [-0.2, 0) is 18.4 Å². The first kappa shape index (κ1) is 66.2. The van der Waals surface area contributed by atoms with Crippen LogP contribution in [-0.4, -0.2) is 68.5 Å². The third kappa shape index (κ3) is 52.0. The summed E-state index contributed by atoms with van der Waals surface area (Å²) >= 11 is 0. The minimum Gasteiger partial charge on any atom is -0.756 e. The van der Waals surface area contributed by atoms with Crippen LogP contribution in [0.1, 0.15) is 258 Å². The molecular weight excluding hydrogens is 864 g/mol. The predicted molar refractivity (Wildman–Crippen MR) is 293 cm³/mol. The number of aliphatic hydroxyl groups excluding tert-OH is 1. The number of likely N-dealkylation sites (N-methyl/N-ethyl adjacent to an activating group) is 1. The molecule has 398 valence electrons. The van der Waals surface area contributed by atoms with Gasteiger partial charge in [-0.2, -0.15) is 0 Å². The Balaban J connectivity index is 3.93. The van der Waals surface area contributed by atoms with Crippen LogP contribution in [0.3, 0.4) is 0 Å². The van der Waals surface area contributed by atoms with Gasteiger partial charge in [0.25, 0.3) is 7.82 Å². The van der Waals surface area contributed by atoms with Gasteiger partial charge in [0.1, 0.15) is 13.2 Å². The summed E-state index contributed by atoms with van der Waals surface area (Å²) in [5, 5.41) is 13.8. The number of nitrogens with zero attached hydrogens (tertiary/aromatic N) is 1. The van der Waals surface area contributed by atoms with Gasteiger partial charge >= 0.3 is 0 Å². The van der Waals surface area contributed by atoms with Crippen molar-refractivity contribution in [3.63, 3.8) is 0 Å². The molecular formula is C59H111N2O6P. The lowest BCUT2D eigenvalue weighted by molar-refractivity contribution is -0.870. The maximum Gasteiger partial charge on any atom is 0.268 e. The van der Waals surface area contributed by atoms with Crippen molar-refractivity contribution in [2.45, 2.75) is 270 Å². The van der Waals surface area contributed by atoms with Crippen molar-refractivity contribution in [1.29, 1.82) is 0 Å². The minimum atomic E-state index is -4.59. The summed E-state index contributed by atoms with van der Waals surface area (Å²) in [7, 11) is 1.27.